The predicted octanol–water partition coefficient (Wildman–Crippen LogP) is 5.81. The molecule has 0 fully saturated rings. The Kier molecular flexibility index (Phi) is 3.68. The van der Waals surface area contributed by atoms with E-state index in [1.54, 1.807) is 11.3 Å². The first-order chi connectivity index (χ1) is 10.8. The van der Waals surface area contributed by atoms with Crippen LogP contribution in [0, 0.1) is 3.95 Å². The van der Waals surface area contributed by atoms with Crippen LogP contribution in [0.2, 0.25) is 0 Å². The maximum atomic E-state index is 5.69. The van der Waals surface area contributed by atoms with Gasteiger partial charge in [0.1, 0.15) is 0 Å². The van der Waals surface area contributed by atoms with Crippen LogP contribution in [-0.2, 0) is 12.8 Å². The quantitative estimate of drug-likeness (QED) is 0.538. The third-order valence-electron chi connectivity index (χ3n) is 4.28. The van der Waals surface area contributed by atoms with Crippen molar-refractivity contribution in [1.82, 2.24) is 4.57 Å². The Balaban J connectivity index is 1.95. The number of nitrogens with zero attached hydrogens (tertiary/aromatic N) is 1. The van der Waals surface area contributed by atoms with Crippen LogP contribution in [0.1, 0.15) is 23.4 Å². The normalized spacial score (nSPS) is 13.8. The molecule has 22 heavy (non-hydrogen) atoms. The average Bonchev–Trinajstić information content (AvgIpc) is 2.91. The Morgan fingerprint density at radius 2 is 1.59 bits per heavy atom. The molecule has 0 atom stereocenters. The summed E-state index contributed by atoms with van der Waals surface area (Å²) in [6.45, 7) is 0. The summed E-state index contributed by atoms with van der Waals surface area (Å²) in [5, 5.41) is 0. The molecule has 3 aromatic rings. The van der Waals surface area contributed by atoms with E-state index in [1.807, 2.05) is 0 Å². The maximum Gasteiger partial charge on any atom is 0.166 e. The molecule has 0 aliphatic heterocycles. The highest BCUT2D eigenvalue weighted by Gasteiger charge is 2.19. The highest BCUT2D eigenvalue weighted by Crippen LogP contribution is 2.34. The van der Waals surface area contributed by atoms with Gasteiger partial charge in [-0.3, -0.25) is 4.57 Å². The van der Waals surface area contributed by atoms with Crippen LogP contribution in [0.3, 0.4) is 0 Å². The van der Waals surface area contributed by atoms with Gasteiger partial charge in [0.15, 0.2) is 3.95 Å². The molecule has 1 aliphatic rings. The fourth-order valence-electron chi connectivity index (χ4n) is 3.24. The van der Waals surface area contributed by atoms with Gasteiger partial charge >= 0.3 is 0 Å². The van der Waals surface area contributed by atoms with Crippen molar-refractivity contribution in [2.24, 2.45) is 0 Å². The molecule has 0 saturated heterocycles. The minimum atomic E-state index is 0.982. The molecule has 1 heterocycles. The van der Waals surface area contributed by atoms with Crippen molar-refractivity contribution in [1.29, 1.82) is 0 Å². The van der Waals surface area contributed by atoms with Gasteiger partial charge in [0.2, 0.25) is 0 Å². The second-order valence-corrected chi connectivity index (χ2v) is 7.39. The number of rotatable bonds is 2. The highest BCUT2D eigenvalue weighted by atomic mass is 32.1. The zero-order chi connectivity index (χ0) is 14.9. The van der Waals surface area contributed by atoms with Crippen LogP contribution in [0.5, 0.6) is 0 Å². The zero-order valence-electron chi connectivity index (χ0n) is 12.3. The molecule has 2 aromatic carbocycles. The van der Waals surface area contributed by atoms with Crippen LogP contribution in [0.4, 0.5) is 0 Å². The monoisotopic (exact) mass is 323 g/mol. The first kappa shape index (κ1) is 13.9. The molecule has 0 amide bonds. The second kappa shape index (κ2) is 5.82. The number of hydrogen-bond acceptors (Lipinski definition) is 2. The summed E-state index contributed by atoms with van der Waals surface area (Å²) in [7, 11) is 0. The van der Waals surface area contributed by atoms with Gasteiger partial charge < -0.3 is 0 Å². The van der Waals surface area contributed by atoms with Gasteiger partial charge in [0.05, 0.1) is 5.69 Å². The number of aromatic nitrogens is 1. The van der Waals surface area contributed by atoms with Crippen molar-refractivity contribution < 1.29 is 0 Å². The maximum absolute atomic E-state index is 5.69. The molecule has 0 N–H and O–H groups in total. The fraction of sp³-hybridized carbons (Fsp3) is 0.211. The molecule has 0 spiro atoms. The number of thiazole rings is 1. The summed E-state index contributed by atoms with van der Waals surface area (Å²) in [5.41, 5.74) is 5.16. The molecule has 3 heteroatoms. The first-order valence-corrected chi connectivity index (χ1v) is 8.95. The topological polar surface area (TPSA) is 4.93 Å². The van der Waals surface area contributed by atoms with Crippen LogP contribution in [0.15, 0.2) is 54.6 Å². The number of para-hydroxylation sites is 1. The van der Waals surface area contributed by atoms with Crippen molar-refractivity contribution in [3.8, 4) is 16.8 Å². The molecule has 0 bridgehead atoms. The molecule has 1 aliphatic carbocycles. The van der Waals surface area contributed by atoms with Gasteiger partial charge in [0, 0.05) is 16.1 Å². The lowest BCUT2D eigenvalue weighted by molar-refractivity contribution is 0.666. The summed E-state index contributed by atoms with van der Waals surface area (Å²) in [6, 6.07) is 19.2. The van der Waals surface area contributed by atoms with Crippen molar-refractivity contribution in [2.45, 2.75) is 25.7 Å². The first-order valence-electron chi connectivity index (χ1n) is 7.73. The van der Waals surface area contributed by atoms with E-state index in [-0.39, 0.29) is 0 Å². The standard InChI is InChI=1S/C19H17NS2/c21-19-20(17-12-6-7-13-18(17)22-19)16-11-5-4-10-15(16)14-8-2-1-3-9-14/h1-5,8-11H,6-7,12-13H2. The van der Waals surface area contributed by atoms with E-state index in [9.17, 15) is 0 Å². The van der Waals surface area contributed by atoms with Gasteiger partial charge in [-0.1, -0.05) is 48.5 Å². The van der Waals surface area contributed by atoms with Crippen LogP contribution in [0.25, 0.3) is 16.8 Å². The van der Waals surface area contributed by atoms with E-state index in [2.05, 4.69) is 59.2 Å². The third-order valence-corrected chi connectivity index (χ3v) is 5.76. The lowest BCUT2D eigenvalue weighted by Crippen LogP contribution is -2.07. The summed E-state index contributed by atoms with van der Waals surface area (Å²) < 4.78 is 3.30. The number of benzene rings is 2. The van der Waals surface area contributed by atoms with Crippen molar-refractivity contribution in [2.75, 3.05) is 0 Å². The minimum absolute atomic E-state index is 0.982. The summed E-state index contributed by atoms with van der Waals surface area (Å²) in [5.74, 6) is 0. The van der Waals surface area contributed by atoms with Crippen molar-refractivity contribution in [3.63, 3.8) is 0 Å². The van der Waals surface area contributed by atoms with E-state index < -0.39 is 0 Å². The Morgan fingerprint density at radius 1 is 0.864 bits per heavy atom. The molecule has 0 unspecified atom stereocenters. The largest absolute Gasteiger partial charge is 0.295 e. The molecule has 110 valence electrons. The molecular weight excluding hydrogens is 306 g/mol. The van der Waals surface area contributed by atoms with E-state index in [0.29, 0.717) is 0 Å². The smallest absolute Gasteiger partial charge is 0.166 e. The SMILES string of the molecule is S=c1sc2c(n1-c1ccccc1-c1ccccc1)CCCC2. The second-order valence-electron chi connectivity index (χ2n) is 5.66. The lowest BCUT2D eigenvalue weighted by atomic mass is 10.0. The number of hydrogen-bond donors (Lipinski definition) is 0. The Morgan fingerprint density at radius 3 is 2.45 bits per heavy atom. The van der Waals surface area contributed by atoms with Gasteiger partial charge in [-0.25, -0.2) is 0 Å². The number of aryl methyl sites for hydroxylation is 1. The van der Waals surface area contributed by atoms with Crippen molar-refractivity contribution in [3.05, 3.63) is 69.1 Å². The van der Waals surface area contributed by atoms with E-state index in [1.165, 1.54) is 46.6 Å². The van der Waals surface area contributed by atoms with Crippen LogP contribution < -0.4 is 0 Å². The Hall–Kier alpha value is -1.71. The van der Waals surface area contributed by atoms with Crippen LogP contribution >= 0.6 is 23.6 Å². The molecular formula is C19H17NS2. The molecule has 0 radical (unpaired) electrons. The fourth-order valence-corrected chi connectivity index (χ4v) is 4.82. The molecule has 1 aromatic heterocycles. The van der Waals surface area contributed by atoms with E-state index in [4.69, 9.17) is 12.2 Å². The van der Waals surface area contributed by atoms with Crippen molar-refractivity contribution >= 4 is 23.6 Å². The Bertz CT molecular complexity index is 859. The van der Waals surface area contributed by atoms with Gasteiger partial charge in [-0.05, 0) is 49.5 Å². The average molecular weight is 323 g/mol. The van der Waals surface area contributed by atoms with Crippen LogP contribution in [-0.4, -0.2) is 4.57 Å². The lowest BCUT2D eigenvalue weighted by Gasteiger charge is -2.17. The van der Waals surface area contributed by atoms with Gasteiger partial charge in [-0.2, -0.15) is 0 Å². The summed E-state index contributed by atoms with van der Waals surface area (Å²) in [6.07, 6.45) is 4.89. The molecule has 4 rings (SSSR count). The Labute approximate surface area is 139 Å². The molecule has 1 nitrogen and oxygen atoms in total. The number of fused-ring (bicyclic) bond motifs is 1. The minimum Gasteiger partial charge on any atom is -0.295 e. The summed E-state index contributed by atoms with van der Waals surface area (Å²) >= 11 is 7.49. The van der Waals surface area contributed by atoms with Gasteiger partial charge in [0.25, 0.3) is 0 Å². The van der Waals surface area contributed by atoms with E-state index >= 15 is 0 Å². The summed E-state index contributed by atoms with van der Waals surface area (Å²) in [4.78, 5) is 1.49. The van der Waals surface area contributed by atoms with E-state index in [0.717, 1.165) is 10.4 Å². The third kappa shape index (κ3) is 2.34. The highest BCUT2D eigenvalue weighted by molar-refractivity contribution is 7.73. The zero-order valence-corrected chi connectivity index (χ0v) is 13.9. The molecule has 0 saturated carbocycles. The predicted molar refractivity (Wildman–Crippen MR) is 96.6 cm³/mol. The van der Waals surface area contributed by atoms with Gasteiger partial charge in [-0.15, -0.1) is 11.3 Å².